The van der Waals surface area contributed by atoms with Crippen LogP contribution in [0.4, 0.5) is 0 Å². The number of hydrogen-bond acceptors (Lipinski definition) is 2. The van der Waals surface area contributed by atoms with E-state index in [0.29, 0.717) is 11.0 Å². The minimum absolute atomic E-state index is 0.00634. The molecule has 4 aromatic rings. The van der Waals surface area contributed by atoms with Gasteiger partial charge in [-0.05, 0) is 36.4 Å². The molecule has 3 aromatic heterocycles. The van der Waals surface area contributed by atoms with Crippen molar-refractivity contribution in [2.24, 2.45) is 0 Å². The summed E-state index contributed by atoms with van der Waals surface area (Å²) < 4.78 is 7.18. The van der Waals surface area contributed by atoms with Gasteiger partial charge in [-0.15, -0.1) is 0 Å². The quantitative estimate of drug-likeness (QED) is 0.484. The molecule has 0 N–H and O–H groups in total. The lowest BCUT2D eigenvalue weighted by Crippen LogP contribution is -1.96. The SMILES string of the molecule is O=c1ccoc2ccccc12.c1ccn2cccc2c1. The van der Waals surface area contributed by atoms with Crippen LogP contribution in [0.5, 0.6) is 0 Å². The molecule has 3 heterocycles. The fourth-order valence-electron chi connectivity index (χ4n) is 2.01. The lowest BCUT2D eigenvalue weighted by molar-refractivity contribution is 0.602. The lowest BCUT2D eigenvalue weighted by Gasteiger charge is -1.91. The van der Waals surface area contributed by atoms with Crippen LogP contribution in [0.3, 0.4) is 0 Å². The standard InChI is InChI=1S/C9H6O2.C8H7N/c10-8-5-6-11-9-4-2-1-3-7(8)9;1-2-6-9-7-3-5-8(9)4-1/h1-6H;1-7H. The number of nitrogens with zero attached hydrogens (tertiary/aromatic N) is 1. The van der Waals surface area contributed by atoms with Gasteiger partial charge < -0.3 is 8.82 Å². The Balaban J connectivity index is 0.000000123. The summed E-state index contributed by atoms with van der Waals surface area (Å²) >= 11 is 0. The number of benzene rings is 1. The zero-order chi connectivity index (χ0) is 13.8. The summed E-state index contributed by atoms with van der Waals surface area (Å²) in [6.45, 7) is 0. The van der Waals surface area contributed by atoms with Crippen molar-refractivity contribution in [2.75, 3.05) is 0 Å². The molecular weight excluding hydrogens is 250 g/mol. The van der Waals surface area contributed by atoms with Gasteiger partial charge in [0.1, 0.15) is 5.58 Å². The molecular formula is C17H13NO2. The van der Waals surface area contributed by atoms with Crippen LogP contribution in [-0.4, -0.2) is 4.40 Å². The summed E-state index contributed by atoms with van der Waals surface area (Å²) in [7, 11) is 0. The van der Waals surface area contributed by atoms with Gasteiger partial charge in [-0.2, -0.15) is 0 Å². The van der Waals surface area contributed by atoms with Crippen LogP contribution in [-0.2, 0) is 0 Å². The van der Waals surface area contributed by atoms with Crippen LogP contribution in [0.1, 0.15) is 0 Å². The van der Waals surface area contributed by atoms with Crippen LogP contribution < -0.4 is 5.43 Å². The smallest absolute Gasteiger partial charge is 0.192 e. The fourth-order valence-corrected chi connectivity index (χ4v) is 2.01. The van der Waals surface area contributed by atoms with E-state index in [0.717, 1.165) is 0 Å². The van der Waals surface area contributed by atoms with E-state index in [4.69, 9.17) is 4.42 Å². The Kier molecular flexibility index (Phi) is 3.33. The van der Waals surface area contributed by atoms with Crippen LogP contribution in [0, 0.1) is 0 Å². The Hall–Kier alpha value is -2.81. The third-order valence-electron chi connectivity index (χ3n) is 3.00. The molecule has 0 bridgehead atoms. The van der Waals surface area contributed by atoms with E-state index in [1.165, 1.54) is 17.8 Å². The number of hydrogen-bond donors (Lipinski definition) is 0. The van der Waals surface area contributed by atoms with Crippen molar-refractivity contribution in [2.45, 2.75) is 0 Å². The monoisotopic (exact) mass is 263 g/mol. The van der Waals surface area contributed by atoms with Crippen LogP contribution >= 0.6 is 0 Å². The number of para-hydroxylation sites is 1. The Labute approximate surface area is 115 Å². The van der Waals surface area contributed by atoms with Gasteiger partial charge in [-0.25, -0.2) is 0 Å². The maximum absolute atomic E-state index is 11.1. The first-order valence-corrected chi connectivity index (χ1v) is 6.33. The molecule has 4 rings (SSSR count). The zero-order valence-corrected chi connectivity index (χ0v) is 10.8. The van der Waals surface area contributed by atoms with Gasteiger partial charge in [0, 0.05) is 24.0 Å². The molecule has 0 saturated heterocycles. The van der Waals surface area contributed by atoms with Crippen molar-refractivity contribution >= 4 is 16.5 Å². The molecule has 0 aliphatic carbocycles. The Morgan fingerprint density at radius 2 is 1.55 bits per heavy atom. The number of aromatic nitrogens is 1. The average Bonchev–Trinajstić information content (AvgIpc) is 2.97. The highest BCUT2D eigenvalue weighted by atomic mass is 16.3. The topological polar surface area (TPSA) is 34.6 Å². The van der Waals surface area contributed by atoms with Gasteiger partial charge >= 0.3 is 0 Å². The maximum Gasteiger partial charge on any atom is 0.192 e. The van der Waals surface area contributed by atoms with Gasteiger partial charge in [0.2, 0.25) is 0 Å². The predicted octanol–water partition coefficient (Wildman–Crippen LogP) is 3.73. The van der Waals surface area contributed by atoms with Crippen LogP contribution in [0.2, 0.25) is 0 Å². The van der Waals surface area contributed by atoms with E-state index in [1.807, 2.05) is 42.7 Å². The molecule has 1 aromatic carbocycles. The summed E-state index contributed by atoms with van der Waals surface area (Å²) in [5.74, 6) is 0. The minimum Gasteiger partial charge on any atom is -0.464 e. The molecule has 3 heteroatoms. The lowest BCUT2D eigenvalue weighted by atomic mass is 10.2. The maximum atomic E-state index is 11.1. The first-order valence-electron chi connectivity index (χ1n) is 6.33. The van der Waals surface area contributed by atoms with E-state index in [9.17, 15) is 4.79 Å². The van der Waals surface area contributed by atoms with E-state index >= 15 is 0 Å². The summed E-state index contributed by atoms with van der Waals surface area (Å²) in [5, 5.41) is 0.634. The second kappa shape index (κ2) is 5.45. The van der Waals surface area contributed by atoms with Crippen molar-refractivity contribution in [3.63, 3.8) is 0 Å². The normalized spacial score (nSPS) is 10.2. The highest BCUT2D eigenvalue weighted by Gasteiger charge is 1.95. The largest absolute Gasteiger partial charge is 0.464 e. The average molecular weight is 263 g/mol. The second-order valence-electron chi connectivity index (χ2n) is 4.32. The molecule has 3 nitrogen and oxygen atoms in total. The van der Waals surface area contributed by atoms with Crippen molar-refractivity contribution < 1.29 is 4.42 Å². The Morgan fingerprint density at radius 1 is 0.800 bits per heavy atom. The number of pyridine rings is 1. The molecule has 0 atom stereocenters. The highest BCUT2D eigenvalue weighted by molar-refractivity contribution is 5.75. The zero-order valence-electron chi connectivity index (χ0n) is 10.8. The first kappa shape index (κ1) is 12.2. The number of fused-ring (bicyclic) bond motifs is 2. The molecule has 20 heavy (non-hydrogen) atoms. The van der Waals surface area contributed by atoms with Gasteiger partial charge in [-0.1, -0.05) is 18.2 Å². The summed E-state index contributed by atoms with van der Waals surface area (Å²) in [6, 6.07) is 18.9. The fraction of sp³-hybridized carbons (Fsp3) is 0. The van der Waals surface area contributed by atoms with E-state index in [-0.39, 0.29) is 5.43 Å². The van der Waals surface area contributed by atoms with Crippen LogP contribution in [0.15, 0.2) is 88.5 Å². The van der Waals surface area contributed by atoms with E-state index < -0.39 is 0 Å². The van der Waals surface area contributed by atoms with Gasteiger partial charge in [0.05, 0.1) is 11.6 Å². The third kappa shape index (κ3) is 2.47. The summed E-state index contributed by atoms with van der Waals surface area (Å²) in [6.07, 6.45) is 5.48. The van der Waals surface area contributed by atoms with Gasteiger partial charge in [0.15, 0.2) is 5.43 Å². The first-order chi connectivity index (χ1) is 9.84. The molecule has 0 radical (unpaired) electrons. The Morgan fingerprint density at radius 3 is 2.40 bits per heavy atom. The highest BCUT2D eigenvalue weighted by Crippen LogP contribution is 2.06. The molecule has 0 spiro atoms. The molecule has 0 amide bonds. The molecule has 0 saturated carbocycles. The summed E-state index contributed by atoms with van der Waals surface area (Å²) in [5.41, 5.74) is 1.89. The molecule has 0 fully saturated rings. The third-order valence-corrected chi connectivity index (χ3v) is 3.00. The molecule has 0 aliphatic rings. The minimum atomic E-state index is 0.00634. The number of rotatable bonds is 0. The molecule has 98 valence electrons. The molecule has 0 unspecified atom stereocenters. The second-order valence-corrected chi connectivity index (χ2v) is 4.32. The van der Waals surface area contributed by atoms with Crippen molar-refractivity contribution in [3.05, 3.63) is 89.5 Å². The van der Waals surface area contributed by atoms with Gasteiger partial charge in [0.25, 0.3) is 0 Å². The van der Waals surface area contributed by atoms with Crippen molar-refractivity contribution in [1.82, 2.24) is 4.40 Å². The Bertz CT molecular complexity index is 854. The van der Waals surface area contributed by atoms with Gasteiger partial charge in [-0.3, -0.25) is 4.79 Å². The molecule has 0 aliphatic heterocycles. The van der Waals surface area contributed by atoms with Crippen LogP contribution in [0.25, 0.3) is 16.5 Å². The van der Waals surface area contributed by atoms with E-state index in [1.54, 1.807) is 12.1 Å². The van der Waals surface area contributed by atoms with Crippen molar-refractivity contribution in [3.8, 4) is 0 Å². The van der Waals surface area contributed by atoms with Crippen molar-refractivity contribution in [1.29, 1.82) is 0 Å². The summed E-state index contributed by atoms with van der Waals surface area (Å²) in [4.78, 5) is 11.1. The predicted molar refractivity (Wildman–Crippen MR) is 79.9 cm³/mol. The van der Waals surface area contributed by atoms with E-state index in [2.05, 4.69) is 16.5 Å².